The van der Waals surface area contributed by atoms with Gasteiger partial charge in [-0.15, -0.1) is 0 Å². The summed E-state index contributed by atoms with van der Waals surface area (Å²) in [6.07, 6.45) is 10.6. The number of esters is 4. The van der Waals surface area contributed by atoms with Gasteiger partial charge in [0.15, 0.2) is 12.2 Å². The summed E-state index contributed by atoms with van der Waals surface area (Å²) in [4.78, 5) is 59.9. The van der Waals surface area contributed by atoms with Gasteiger partial charge >= 0.3 is 23.9 Å². The van der Waals surface area contributed by atoms with Crippen molar-refractivity contribution in [2.75, 3.05) is 6.61 Å². The lowest BCUT2D eigenvalue weighted by Crippen LogP contribution is -2.67. The Balaban J connectivity index is 2.67. The number of hydrogen-bond donors (Lipinski definition) is 1. The van der Waals surface area contributed by atoms with Crippen LogP contribution in [0.4, 0.5) is 0 Å². The van der Waals surface area contributed by atoms with Gasteiger partial charge in [-0.05, 0) is 6.42 Å². The van der Waals surface area contributed by atoms with Crippen molar-refractivity contribution in [3.05, 3.63) is 0 Å². The number of rotatable bonds is 20. The molecular formula is C30H51NO10. The lowest BCUT2D eigenvalue weighted by atomic mass is 9.95. The number of amides is 1. The SMILES string of the molecule is CCCCCCCCCCCCCCCC(=O)N[C@@H]1[C@H](OC(C)=O)O[C@H](COC(C)=O)[C@@H](OC(C)=O)[C@@H]1OC(C)=O. The zero-order chi connectivity index (χ0) is 30.6. The molecule has 11 heteroatoms. The predicted molar refractivity (Wildman–Crippen MR) is 150 cm³/mol. The lowest BCUT2D eigenvalue weighted by Gasteiger charge is -2.44. The highest BCUT2D eigenvalue weighted by Crippen LogP contribution is 2.28. The van der Waals surface area contributed by atoms with Gasteiger partial charge in [0.25, 0.3) is 0 Å². The lowest BCUT2D eigenvalue weighted by molar-refractivity contribution is -0.271. The summed E-state index contributed by atoms with van der Waals surface area (Å²) in [5.41, 5.74) is 0. The van der Waals surface area contributed by atoms with Crippen LogP contribution >= 0.6 is 0 Å². The molecule has 1 saturated heterocycles. The van der Waals surface area contributed by atoms with Crippen molar-refractivity contribution in [2.24, 2.45) is 0 Å². The zero-order valence-electron chi connectivity index (χ0n) is 25.6. The van der Waals surface area contributed by atoms with E-state index in [-0.39, 0.29) is 18.9 Å². The molecule has 41 heavy (non-hydrogen) atoms. The molecule has 0 aromatic rings. The quantitative estimate of drug-likeness (QED) is 0.122. The molecule has 236 valence electrons. The molecule has 1 heterocycles. The van der Waals surface area contributed by atoms with E-state index >= 15 is 0 Å². The molecule has 0 unspecified atom stereocenters. The molecule has 5 atom stereocenters. The van der Waals surface area contributed by atoms with Crippen molar-refractivity contribution in [3.63, 3.8) is 0 Å². The van der Waals surface area contributed by atoms with Gasteiger partial charge in [-0.25, -0.2) is 0 Å². The van der Waals surface area contributed by atoms with Gasteiger partial charge < -0.3 is 29.0 Å². The Morgan fingerprint density at radius 3 is 1.54 bits per heavy atom. The van der Waals surface area contributed by atoms with Crippen LogP contribution in [0.3, 0.4) is 0 Å². The van der Waals surface area contributed by atoms with E-state index in [0.717, 1.165) is 40.0 Å². The van der Waals surface area contributed by atoms with Gasteiger partial charge in [0, 0.05) is 34.1 Å². The Bertz CT molecular complexity index is 817. The monoisotopic (exact) mass is 585 g/mol. The summed E-state index contributed by atoms with van der Waals surface area (Å²) < 4.78 is 26.9. The fraction of sp³-hybridized carbons (Fsp3) is 0.833. The normalized spacial score (nSPS) is 21.9. The summed E-state index contributed by atoms with van der Waals surface area (Å²) in [5.74, 6) is -3.08. The number of ether oxygens (including phenoxy) is 5. The maximum atomic E-state index is 12.9. The van der Waals surface area contributed by atoms with Gasteiger partial charge in [-0.3, -0.25) is 24.0 Å². The Kier molecular flexibility index (Phi) is 18.7. The summed E-state index contributed by atoms with van der Waals surface area (Å²) in [7, 11) is 0. The molecule has 0 aliphatic carbocycles. The Hall–Kier alpha value is -2.69. The molecule has 0 radical (unpaired) electrons. The molecule has 0 bridgehead atoms. The largest absolute Gasteiger partial charge is 0.463 e. The highest BCUT2D eigenvalue weighted by molar-refractivity contribution is 5.76. The molecule has 1 rings (SSSR count). The van der Waals surface area contributed by atoms with Gasteiger partial charge in [-0.1, -0.05) is 84.0 Å². The summed E-state index contributed by atoms with van der Waals surface area (Å²) in [6, 6.07) is -1.16. The maximum Gasteiger partial charge on any atom is 0.305 e. The van der Waals surface area contributed by atoms with Crippen LogP contribution in [0.1, 0.15) is 125 Å². The molecule has 0 aromatic heterocycles. The number of hydrogen-bond acceptors (Lipinski definition) is 10. The van der Waals surface area contributed by atoms with Crippen LogP contribution in [0.15, 0.2) is 0 Å². The van der Waals surface area contributed by atoms with E-state index in [0.29, 0.717) is 6.42 Å². The van der Waals surface area contributed by atoms with Gasteiger partial charge in [-0.2, -0.15) is 0 Å². The smallest absolute Gasteiger partial charge is 0.305 e. The molecule has 1 aliphatic rings. The summed E-state index contributed by atoms with van der Waals surface area (Å²) in [5, 5.41) is 2.74. The minimum atomic E-state index is -1.38. The average molecular weight is 586 g/mol. The van der Waals surface area contributed by atoms with E-state index in [1.165, 1.54) is 64.7 Å². The van der Waals surface area contributed by atoms with E-state index in [2.05, 4.69) is 12.2 Å². The standard InChI is InChI=1S/C30H51NO10/c1-6-7-8-9-10-11-12-13-14-15-16-17-18-19-26(36)31-27-29(39-23(4)34)28(38-22(3)33)25(20-37-21(2)32)41-30(27)40-24(5)35/h25,27-30H,6-20H2,1-5H3,(H,31,36)/t25-,27+,28-,29-,30-/m1/s1. The van der Waals surface area contributed by atoms with E-state index in [4.69, 9.17) is 23.7 Å². The topological polar surface area (TPSA) is 144 Å². The molecule has 1 aliphatic heterocycles. The van der Waals surface area contributed by atoms with E-state index in [1.54, 1.807) is 0 Å². The van der Waals surface area contributed by atoms with Crippen LogP contribution in [0.25, 0.3) is 0 Å². The minimum absolute atomic E-state index is 0.211. The summed E-state index contributed by atoms with van der Waals surface area (Å²) in [6.45, 7) is 6.55. The highest BCUT2D eigenvalue weighted by atomic mass is 16.7. The first kappa shape index (κ1) is 36.3. The predicted octanol–water partition coefficient (Wildman–Crippen LogP) is 4.67. The second-order valence-electron chi connectivity index (χ2n) is 10.7. The fourth-order valence-electron chi connectivity index (χ4n) is 4.88. The van der Waals surface area contributed by atoms with Crippen molar-refractivity contribution < 1.29 is 47.7 Å². The third kappa shape index (κ3) is 16.4. The molecular weight excluding hydrogens is 534 g/mol. The molecule has 1 fully saturated rings. The highest BCUT2D eigenvalue weighted by Gasteiger charge is 2.52. The first-order valence-electron chi connectivity index (χ1n) is 15.1. The maximum absolute atomic E-state index is 12.9. The zero-order valence-corrected chi connectivity index (χ0v) is 25.6. The van der Waals surface area contributed by atoms with Gasteiger partial charge in [0.2, 0.25) is 12.2 Å². The van der Waals surface area contributed by atoms with Gasteiger partial charge in [0.1, 0.15) is 18.8 Å². The van der Waals surface area contributed by atoms with Crippen molar-refractivity contribution in [2.45, 2.75) is 155 Å². The first-order chi connectivity index (χ1) is 19.5. The van der Waals surface area contributed by atoms with Crippen LogP contribution in [-0.2, 0) is 47.7 Å². The van der Waals surface area contributed by atoms with Crippen molar-refractivity contribution >= 4 is 29.8 Å². The number of carbonyl (C=O) groups is 5. The molecule has 0 aromatic carbocycles. The van der Waals surface area contributed by atoms with Crippen LogP contribution in [0.5, 0.6) is 0 Å². The average Bonchev–Trinajstić information content (AvgIpc) is 2.88. The van der Waals surface area contributed by atoms with E-state index in [9.17, 15) is 24.0 Å². The third-order valence-electron chi connectivity index (χ3n) is 6.82. The third-order valence-corrected chi connectivity index (χ3v) is 6.82. The minimum Gasteiger partial charge on any atom is -0.463 e. The number of carbonyl (C=O) groups excluding carboxylic acids is 5. The Morgan fingerprint density at radius 1 is 0.610 bits per heavy atom. The molecule has 11 nitrogen and oxygen atoms in total. The summed E-state index contributed by atoms with van der Waals surface area (Å²) >= 11 is 0. The van der Waals surface area contributed by atoms with Crippen LogP contribution in [-0.4, -0.2) is 67.0 Å². The van der Waals surface area contributed by atoms with Crippen molar-refractivity contribution in [1.29, 1.82) is 0 Å². The van der Waals surface area contributed by atoms with Crippen LogP contribution in [0.2, 0.25) is 0 Å². The number of unbranched alkanes of at least 4 members (excludes halogenated alkanes) is 12. The van der Waals surface area contributed by atoms with E-state index in [1.807, 2.05) is 0 Å². The molecule has 1 amide bonds. The molecule has 0 spiro atoms. The number of nitrogens with one attached hydrogen (secondary N) is 1. The molecule has 1 N–H and O–H groups in total. The van der Waals surface area contributed by atoms with Gasteiger partial charge in [0.05, 0.1) is 0 Å². The fourth-order valence-corrected chi connectivity index (χ4v) is 4.88. The van der Waals surface area contributed by atoms with Crippen LogP contribution in [0, 0.1) is 0 Å². The van der Waals surface area contributed by atoms with E-state index < -0.39 is 54.5 Å². The van der Waals surface area contributed by atoms with Crippen molar-refractivity contribution in [1.82, 2.24) is 5.32 Å². The second kappa shape index (κ2) is 21.1. The second-order valence-corrected chi connectivity index (χ2v) is 10.7. The van der Waals surface area contributed by atoms with Crippen LogP contribution < -0.4 is 5.32 Å². The van der Waals surface area contributed by atoms with Crippen molar-refractivity contribution in [3.8, 4) is 0 Å². The molecule has 0 saturated carbocycles. The first-order valence-corrected chi connectivity index (χ1v) is 15.1. The Labute approximate surface area is 244 Å². The Morgan fingerprint density at radius 2 is 1.07 bits per heavy atom.